The number of ether oxygens (including phenoxy) is 2. The lowest BCUT2D eigenvalue weighted by molar-refractivity contribution is -0.0153. The van der Waals surface area contributed by atoms with Crippen LogP contribution in [0.2, 0.25) is 0 Å². The van der Waals surface area contributed by atoms with Crippen LogP contribution in [0, 0.1) is 0 Å². The van der Waals surface area contributed by atoms with Crippen molar-refractivity contribution >= 4 is 5.69 Å². The summed E-state index contributed by atoms with van der Waals surface area (Å²) in [6.07, 6.45) is -3.68. The van der Waals surface area contributed by atoms with Gasteiger partial charge < -0.3 is 30.1 Å². The number of rotatable bonds is 4. The molecule has 1 fully saturated rings. The molecular weight excluding hydrogens is 238 g/mol. The minimum Gasteiger partial charge on any atom is -0.497 e. The van der Waals surface area contributed by atoms with E-state index < -0.39 is 24.5 Å². The smallest absolute Gasteiger partial charge is 0.157 e. The van der Waals surface area contributed by atoms with Gasteiger partial charge in [-0.05, 0) is 24.3 Å². The molecule has 6 heteroatoms. The largest absolute Gasteiger partial charge is 0.497 e. The highest BCUT2D eigenvalue weighted by Crippen LogP contribution is 2.24. The Kier molecular flexibility index (Phi) is 4.03. The second-order valence-corrected chi connectivity index (χ2v) is 4.13. The van der Waals surface area contributed by atoms with Crippen LogP contribution < -0.4 is 10.1 Å². The van der Waals surface area contributed by atoms with Gasteiger partial charge in [0, 0.05) is 5.69 Å². The Labute approximate surface area is 105 Å². The Bertz CT molecular complexity index is 383. The maximum absolute atomic E-state index is 9.75. The number of anilines is 1. The van der Waals surface area contributed by atoms with E-state index in [0.717, 1.165) is 11.4 Å². The first kappa shape index (κ1) is 13.1. The lowest BCUT2D eigenvalue weighted by Gasteiger charge is -2.17. The van der Waals surface area contributed by atoms with Gasteiger partial charge in [0.1, 0.15) is 24.1 Å². The maximum atomic E-state index is 9.75. The van der Waals surface area contributed by atoms with Gasteiger partial charge in [-0.3, -0.25) is 0 Å². The monoisotopic (exact) mass is 255 g/mol. The van der Waals surface area contributed by atoms with Gasteiger partial charge in [0.05, 0.1) is 13.7 Å². The van der Waals surface area contributed by atoms with Gasteiger partial charge in [0.2, 0.25) is 0 Å². The Balaban J connectivity index is 2.00. The van der Waals surface area contributed by atoms with Gasteiger partial charge in [-0.15, -0.1) is 0 Å². The Morgan fingerprint density at radius 2 is 1.89 bits per heavy atom. The predicted molar refractivity (Wildman–Crippen MR) is 64.4 cm³/mol. The number of hydrogen-bond acceptors (Lipinski definition) is 6. The average molecular weight is 255 g/mol. The van der Waals surface area contributed by atoms with E-state index >= 15 is 0 Å². The predicted octanol–water partition coefficient (Wildman–Crippen LogP) is -0.454. The number of nitrogens with one attached hydrogen (secondary N) is 1. The van der Waals surface area contributed by atoms with Crippen molar-refractivity contribution in [2.24, 2.45) is 0 Å². The molecule has 0 aromatic heterocycles. The summed E-state index contributed by atoms with van der Waals surface area (Å²) in [5.74, 6) is 0.724. The molecule has 0 bridgehead atoms. The van der Waals surface area contributed by atoms with Crippen molar-refractivity contribution < 1.29 is 24.8 Å². The van der Waals surface area contributed by atoms with E-state index in [9.17, 15) is 10.2 Å². The highest BCUT2D eigenvalue weighted by Gasteiger charge is 2.42. The zero-order chi connectivity index (χ0) is 13.1. The minimum atomic E-state index is -1.09. The molecule has 0 unspecified atom stereocenters. The summed E-state index contributed by atoms with van der Waals surface area (Å²) in [7, 11) is 1.58. The van der Waals surface area contributed by atoms with Crippen molar-refractivity contribution in [2.45, 2.75) is 24.5 Å². The van der Waals surface area contributed by atoms with Crippen molar-refractivity contribution in [3.63, 3.8) is 0 Å². The van der Waals surface area contributed by atoms with Crippen LogP contribution >= 0.6 is 0 Å². The van der Waals surface area contributed by atoms with Crippen LogP contribution in [0.25, 0.3) is 0 Å². The van der Waals surface area contributed by atoms with Crippen molar-refractivity contribution in [2.75, 3.05) is 19.0 Å². The molecule has 4 N–H and O–H groups in total. The lowest BCUT2D eigenvalue weighted by Crippen LogP contribution is -2.36. The summed E-state index contributed by atoms with van der Waals surface area (Å²) in [4.78, 5) is 0. The Morgan fingerprint density at radius 1 is 1.22 bits per heavy atom. The molecule has 0 radical (unpaired) electrons. The van der Waals surface area contributed by atoms with Crippen molar-refractivity contribution in [1.29, 1.82) is 0 Å². The van der Waals surface area contributed by atoms with E-state index in [1.165, 1.54) is 0 Å². The average Bonchev–Trinajstić information content (AvgIpc) is 2.67. The first-order chi connectivity index (χ1) is 8.65. The van der Waals surface area contributed by atoms with E-state index in [0.29, 0.717) is 0 Å². The standard InChI is InChI=1S/C12H17NO5/c1-17-8-4-2-7(3-5-8)13-12-11(16)10(15)9(6-14)18-12/h2-5,9-16H,6H2,1H3/t9-,10+,11+,12-/m0/s1. The molecule has 1 saturated heterocycles. The third-order valence-electron chi connectivity index (χ3n) is 2.94. The normalized spacial score (nSPS) is 31.3. The quantitative estimate of drug-likeness (QED) is 0.582. The van der Waals surface area contributed by atoms with Crippen molar-refractivity contribution in [3.8, 4) is 5.75 Å². The fraction of sp³-hybridized carbons (Fsp3) is 0.500. The Hall–Kier alpha value is -1.34. The molecule has 1 heterocycles. The summed E-state index contributed by atoms with van der Waals surface area (Å²) >= 11 is 0. The van der Waals surface area contributed by atoms with Crippen LogP contribution in [-0.4, -0.2) is 53.6 Å². The first-order valence-corrected chi connectivity index (χ1v) is 5.68. The molecule has 18 heavy (non-hydrogen) atoms. The summed E-state index contributed by atoms with van der Waals surface area (Å²) in [6, 6.07) is 7.08. The van der Waals surface area contributed by atoms with Crippen LogP contribution in [0.15, 0.2) is 24.3 Å². The maximum Gasteiger partial charge on any atom is 0.157 e. The van der Waals surface area contributed by atoms with Gasteiger partial charge in [-0.1, -0.05) is 0 Å². The molecule has 0 saturated carbocycles. The zero-order valence-corrected chi connectivity index (χ0v) is 9.98. The van der Waals surface area contributed by atoms with E-state index in [1.807, 2.05) is 0 Å². The van der Waals surface area contributed by atoms with Crippen molar-refractivity contribution in [1.82, 2.24) is 0 Å². The molecule has 6 nitrogen and oxygen atoms in total. The summed E-state index contributed by atoms with van der Waals surface area (Å²) in [6.45, 7) is -0.334. The number of benzene rings is 1. The molecule has 1 aromatic carbocycles. The summed E-state index contributed by atoms with van der Waals surface area (Å²) in [5, 5.41) is 31.2. The second kappa shape index (κ2) is 5.53. The molecule has 0 spiro atoms. The molecule has 2 rings (SSSR count). The Morgan fingerprint density at radius 3 is 2.39 bits per heavy atom. The van der Waals surface area contributed by atoms with Crippen LogP contribution in [0.3, 0.4) is 0 Å². The number of aliphatic hydroxyl groups excluding tert-OH is 3. The number of methoxy groups -OCH3 is 1. The highest BCUT2D eigenvalue weighted by atomic mass is 16.6. The fourth-order valence-electron chi connectivity index (χ4n) is 1.87. The topological polar surface area (TPSA) is 91.2 Å². The molecule has 0 amide bonds. The summed E-state index contributed by atoms with van der Waals surface area (Å²) < 4.78 is 10.3. The first-order valence-electron chi connectivity index (χ1n) is 5.68. The van der Waals surface area contributed by atoms with E-state index in [4.69, 9.17) is 14.6 Å². The molecule has 1 aromatic rings. The third-order valence-corrected chi connectivity index (χ3v) is 2.94. The molecule has 4 atom stereocenters. The SMILES string of the molecule is COc1ccc(N[C@H]2O[C@@H](CO)[C@@H](O)[C@H]2O)cc1. The van der Waals surface area contributed by atoms with Crippen LogP contribution in [0.1, 0.15) is 0 Å². The van der Waals surface area contributed by atoms with Crippen LogP contribution in [0.4, 0.5) is 5.69 Å². The van der Waals surface area contributed by atoms with Gasteiger partial charge >= 0.3 is 0 Å². The second-order valence-electron chi connectivity index (χ2n) is 4.13. The number of aliphatic hydroxyl groups is 3. The van der Waals surface area contributed by atoms with Crippen molar-refractivity contribution in [3.05, 3.63) is 24.3 Å². The van der Waals surface area contributed by atoms with Gasteiger partial charge in [-0.25, -0.2) is 0 Å². The van der Waals surface area contributed by atoms with E-state index in [1.54, 1.807) is 31.4 Å². The molecule has 1 aliphatic rings. The molecular formula is C12H17NO5. The van der Waals surface area contributed by atoms with Crippen LogP contribution in [0.5, 0.6) is 5.75 Å². The highest BCUT2D eigenvalue weighted by molar-refractivity contribution is 5.47. The van der Waals surface area contributed by atoms with Gasteiger partial charge in [-0.2, -0.15) is 0 Å². The third kappa shape index (κ3) is 2.56. The summed E-state index contributed by atoms with van der Waals surface area (Å²) in [5.41, 5.74) is 0.727. The lowest BCUT2D eigenvalue weighted by atomic mass is 10.1. The molecule has 100 valence electrons. The zero-order valence-electron chi connectivity index (χ0n) is 9.98. The molecule has 1 aliphatic heterocycles. The number of hydrogen-bond donors (Lipinski definition) is 4. The van der Waals surface area contributed by atoms with Gasteiger partial charge in [0.15, 0.2) is 6.23 Å². The van der Waals surface area contributed by atoms with Gasteiger partial charge in [0.25, 0.3) is 0 Å². The fourth-order valence-corrected chi connectivity index (χ4v) is 1.87. The van der Waals surface area contributed by atoms with Crippen LogP contribution in [-0.2, 0) is 4.74 Å². The minimum absolute atomic E-state index is 0.334. The molecule has 0 aliphatic carbocycles. The van der Waals surface area contributed by atoms with E-state index in [2.05, 4.69) is 5.32 Å². The van der Waals surface area contributed by atoms with E-state index in [-0.39, 0.29) is 6.61 Å².